The molecule has 0 aromatic carbocycles. The molecule has 2 fully saturated rings. The molecule has 0 spiro atoms. The molecule has 5 heteroatoms. The van der Waals surface area contributed by atoms with Crippen LogP contribution in [-0.2, 0) is 0 Å². The summed E-state index contributed by atoms with van der Waals surface area (Å²) in [5, 5.41) is 3.50. The van der Waals surface area contributed by atoms with Gasteiger partial charge in [-0.25, -0.2) is 0 Å². The van der Waals surface area contributed by atoms with Crippen LogP contribution in [0, 0.1) is 5.92 Å². The third kappa shape index (κ3) is 6.25. The van der Waals surface area contributed by atoms with Crippen molar-refractivity contribution in [2.24, 2.45) is 5.92 Å². The third-order valence-electron chi connectivity index (χ3n) is 3.85. The van der Waals surface area contributed by atoms with E-state index >= 15 is 0 Å². The summed E-state index contributed by atoms with van der Waals surface area (Å²) < 4.78 is 0. The highest BCUT2D eigenvalue weighted by Crippen LogP contribution is 2.14. The average Bonchev–Trinajstić information content (AvgIpc) is 2.30. The lowest BCUT2D eigenvalue weighted by atomic mass is 9.96. The van der Waals surface area contributed by atoms with E-state index in [4.69, 9.17) is 0 Å². The van der Waals surface area contributed by atoms with Gasteiger partial charge in [0.2, 0.25) is 0 Å². The Bertz CT molecular complexity index is 179. The van der Waals surface area contributed by atoms with E-state index in [1.54, 1.807) is 0 Å². The van der Waals surface area contributed by atoms with Crippen LogP contribution in [0.4, 0.5) is 0 Å². The Morgan fingerprint density at radius 3 is 2.41 bits per heavy atom. The van der Waals surface area contributed by atoms with E-state index in [1.807, 2.05) is 0 Å². The molecule has 1 atom stereocenters. The van der Waals surface area contributed by atoms with Gasteiger partial charge in [0.05, 0.1) is 0 Å². The highest BCUT2D eigenvalue weighted by atomic mass is 35.5. The van der Waals surface area contributed by atoms with Gasteiger partial charge in [-0.15, -0.1) is 24.8 Å². The number of halogens is 2. The highest BCUT2D eigenvalue weighted by molar-refractivity contribution is 5.85. The molecule has 2 heterocycles. The normalized spacial score (nSPS) is 27.0. The molecule has 104 valence electrons. The van der Waals surface area contributed by atoms with Gasteiger partial charge in [0.25, 0.3) is 0 Å². The first-order valence-electron chi connectivity index (χ1n) is 6.46. The van der Waals surface area contributed by atoms with Crippen molar-refractivity contribution in [3.8, 4) is 0 Å². The second-order valence-corrected chi connectivity index (χ2v) is 5.15. The van der Waals surface area contributed by atoms with Crippen LogP contribution in [0.3, 0.4) is 0 Å². The van der Waals surface area contributed by atoms with E-state index in [2.05, 4.69) is 22.2 Å². The molecule has 1 unspecified atom stereocenters. The minimum absolute atomic E-state index is 0. The van der Waals surface area contributed by atoms with Crippen molar-refractivity contribution in [3.05, 3.63) is 0 Å². The Hall–Kier alpha value is 0.460. The molecule has 1 N–H and O–H groups in total. The topological polar surface area (TPSA) is 18.5 Å². The van der Waals surface area contributed by atoms with Gasteiger partial charge in [-0.3, -0.25) is 0 Å². The fraction of sp³-hybridized carbons (Fsp3) is 1.00. The van der Waals surface area contributed by atoms with Gasteiger partial charge in [0.1, 0.15) is 0 Å². The summed E-state index contributed by atoms with van der Waals surface area (Å²) in [5.41, 5.74) is 0. The number of nitrogens with one attached hydrogen (secondary N) is 1. The Kier molecular flexibility index (Phi) is 9.65. The minimum atomic E-state index is 0. The highest BCUT2D eigenvalue weighted by Gasteiger charge is 2.17. The summed E-state index contributed by atoms with van der Waals surface area (Å²) >= 11 is 0. The maximum absolute atomic E-state index is 3.50. The second kappa shape index (κ2) is 9.40. The molecular formula is C12H27Cl2N3. The lowest BCUT2D eigenvalue weighted by molar-refractivity contribution is 0.144. The number of likely N-dealkylation sites (N-methyl/N-ethyl adjacent to an activating group) is 1. The number of piperazine rings is 1. The maximum Gasteiger partial charge on any atom is 0.0110 e. The number of piperidine rings is 1. The summed E-state index contributed by atoms with van der Waals surface area (Å²) in [6.45, 7) is 8.87. The summed E-state index contributed by atoms with van der Waals surface area (Å²) in [6.07, 6.45) is 4.23. The zero-order valence-electron chi connectivity index (χ0n) is 10.9. The molecule has 2 aliphatic rings. The van der Waals surface area contributed by atoms with Crippen molar-refractivity contribution in [2.75, 3.05) is 52.9 Å². The van der Waals surface area contributed by atoms with Gasteiger partial charge < -0.3 is 15.1 Å². The van der Waals surface area contributed by atoms with E-state index in [0.717, 1.165) is 5.92 Å². The largest absolute Gasteiger partial charge is 0.316 e. The predicted molar refractivity (Wildman–Crippen MR) is 78.6 cm³/mol. The first kappa shape index (κ1) is 17.5. The van der Waals surface area contributed by atoms with E-state index < -0.39 is 0 Å². The maximum atomic E-state index is 3.50. The Labute approximate surface area is 118 Å². The number of nitrogens with zero attached hydrogens (tertiary/aromatic N) is 2. The van der Waals surface area contributed by atoms with Crippen LogP contribution in [0.25, 0.3) is 0 Å². The molecule has 2 saturated heterocycles. The monoisotopic (exact) mass is 283 g/mol. The van der Waals surface area contributed by atoms with Gasteiger partial charge in [-0.2, -0.15) is 0 Å². The van der Waals surface area contributed by atoms with E-state index in [0.29, 0.717) is 0 Å². The second-order valence-electron chi connectivity index (χ2n) is 5.15. The molecule has 2 aliphatic heterocycles. The summed E-state index contributed by atoms with van der Waals surface area (Å²) in [4.78, 5) is 5.06. The third-order valence-corrected chi connectivity index (χ3v) is 3.85. The van der Waals surface area contributed by atoms with Crippen LogP contribution >= 0.6 is 24.8 Å². The molecule has 0 saturated carbocycles. The molecule has 2 rings (SSSR count). The minimum Gasteiger partial charge on any atom is -0.316 e. The van der Waals surface area contributed by atoms with Crippen LogP contribution in [0.1, 0.15) is 19.3 Å². The number of hydrogen-bond donors (Lipinski definition) is 1. The molecule has 3 nitrogen and oxygen atoms in total. The van der Waals surface area contributed by atoms with E-state index in [1.165, 1.54) is 65.1 Å². The number of hydrogen-bond acceptors (Lipinski definition) is 3. The van der Waals surface area contributed by atoms with Gasteiger partial charge in [0, 0.05) is 26.2 Å². The van der Waals surface area contributed by atoms with Gasteiger partial charge >= 0.3 is 0 Å². The van der Waals surface area contributed by atoms with Gasteiger partial charge in [-0.05, 0) is 51.9 Å². The molecular weight excluding hydrogens is 257 g/mol. The molecule has 0 aromatic heterocycles. The van der Waals surface area contributed by atoms with Crippen molar-refractivity contribution in [1.82, 2.24) is 15.1 Å². The Morgan fingerprint density at radius 2 is 1.82 bits per heavy atom. The number of rotatable bonds is 3. The van der Waals surface area contributed by atoms with E-state index in [-0.39, 0.29) is 24.8 Å². The molecule has 0 aliphatic carbocycles. The van der Waals surface area contributed by atoms with Crippen molar-refractivity contribution >= 4 is 24.8 Å². The molecule has 0 aromatic rings. The van der Waals surface area contributed by atoms with Crippen LogP contribution in [-0.4, -0.2) is 62.7 Å². The Morgan fingerprint density at radius 1 is 1.12 bits per heavy atom. The fourth-order valence-electron chi connectivity index (χ4n) is 2.61. The summed E-state index contributed by atoms with van der Waals surface area (Å²) in [7, 11) is 2.22. The zero-order valence-corrected chi connectivity index (χ0v) is 12.5. The van der Waals surface area contributed by atoms with Crippen LogP contribution < -0.4 is 5.32 Å². The molecule has 0 amide bonds. The van der Waals surface area contributed by atoms with Crippen molar-refractivity contribution < 1.29 is 0 Å². The SMILES string of the molecule is CN1CCN(CCC2CCCNC2)CC1.Cl.Cl. The predicted octanol–water partition coefficient (Wildman–Crippen LogP) is 1.47. The van der Waals surface area contributed by atoms with Gasteiger partial charge in [0.15, 0.2) is 0 Å². The summed E-state index contributed by atoms with van der Waals surface area (Å²) in [6, 6.07) is 0. The van der Waals surface area contributed by atoms with Crippen LogP contribution in [0.2, 0.25) is 0 Å². The molecule has 0 radical (unpaired) electrons. The van der Waals surface area contributed by atoms with Crippen molar-refractivity contribution in [2.45, 2.75) is 19.3 Å². The standard InChI is InChI=1S/C12H25N3.2ClH/c1-14-7-9-15(10-8-14)6-4-12-3-2-5-13-11-12;;/h12-13H,2-11H2,1H3;2*1H. The lowest BCUT2D eigenvalue weighted by Gasteiger charge is -2.33. The molecule has 17 heavy (non-hydrogen) atoms. The lowest BCUT2D eigenvalue weighted by Crippen LogP contribution is -2.45. The first-order chi connectivity index (χ1) is 7.34. The van der Waals surface area contributed by atoms with Gasteiger partial charge in [-0.1, -0.05) is 0 Å². The Balaban J connectivity index is 0.00000128. The zero-order chi connectivity index (χ0) is 10.5. The van der Waals surface area contributed by atoms with Crippen LogP contribution in [0.5, 0.6) is 0 Å². The molecule has 0 bridgehead atoms. The quantitative estimate of drug-likeness (QED) is 0.846. The van der Waals surface area contributed by atoms with Crippen molar-refractivity contribution in [3.63, 3.8) is 0 Å². The first-order valence-corrected chi connectivity index (χ1v) is 6.46. The van der Waals surface area contributed by atoms with Crippen LogP contribution in [0.15, 0.2) is 0 Å². The van der Waals surface area contributed by atoms with E-state index in [9.17, 15) is 0 Å². The fourth-order valence-corrected chi connectivity index (χ4v) is 2.61. The van der Waals surface area contributed by atoms with Crippen molar-refractivity contribution in [1.29, 1.82) is 0 Å². The average molecular weight is 284 g/mol. The smallest absolute Gasteiger partial charge is 0.0110 e. The summed E-state index contributed by atoms with van der Waals surface area (Å²) in [5.74, 6) is 0.943.